The molecule has 0 fully saturated rings. The Labute approximate surface area is 191 Å². The van der Waals surface area contributed by atoms with Gasteiger partial charge in [-0.25, -0.2) is 0 Å². The topological polar surface area (TPSA) is 27.7 Å². The molecule has 0 saturated carbocycles. The van der Waals surface area contributed by atoms with Crippen LogP contribution in [-0.2, 0) is 13.3 Å². The third kappa shape index (κ3) is 18.8. The second-order valence-electron chi connectivity index (χ2n) is 8.93. The maximum atomic E-state index is 6.36. The molecule has 0 aromatic carbocycles. The summed E-state index contributed by atoms with van der Waals surface area (Å²) in [7, 11) is -2.50. The van der Waals surface area contributed by atoms with Crippen LogP contribution < -0.4 is 0 Å². The number of unbranched alkanes of at least 4 members (excludes halogenated alkanes) is 14. The van der Waals surface area contributed by atoms with Gasteiger partial charge in [0.1, 0.15) is 0 Å². The van der Waals surface area contributed by atoms with E-state index in [4.69, 9.17) is 13.3 Å². The van der Waals surface area contributed by atoms with Crippen LogP contribution in [0.2, 0.25) is 6.04 Å². The van der Waals surface area contributed by atoms with E-state index in [0.29, 0.717) is 0 Å². The Hall–Kier alpha value is 0.0969. The van der Waals surface area contributed by atoms with Crippen molar-refractivity contribution >= 4 is 8.80 Å². The van der Waals surface area contributed by atoms with Crippen LogP contribution in [0.3, 0.4) is 0 Å². The highest BCUT2D eigenvalue weighted by molar-refractivity contribution is 6.60. The molecule has 0 aliphatic heterocycles. The zero-order valence-electron chi connectivity index (χ0n) is 21.3. The SMILES string of the molecule is CCCCCCCCCCCCCC[Si](OCCCC)(OCCCC)OCCCC. The van der Waals surface area contributed by atoms with Crippen LogP contribution in [0.15, 0.2) is 0 Å². The lowest BCUT2D eigenvalue weighted by molar-refractivity contribution is 0.0557. The molecule has 0 aliphatic carbocycles. The van der Waals surface area contributed by atoms with Crippen LogP contribution in [0.4, 0.5) is 0 Å². The predicted octanol–water partition coefficient (Wildman–Crippen LogP) is 9.08. The van der Waals surface area contributed by atoms with E-state index < -0.39 is 8.80 Å². The molecule has 4 heteroatoms. The van der Waals surface area contributed by atoms with Crippen molar-refractivity contribution in [3.8, 4) is 0 Å². The van der Waals surface area contributed by atoms with E-state index in [1.165, 1.54) is 77.0 Å². The molecule has 0 rings (SSSR count). The van der Waals surface area contributed by atoms with Gasteiger partial charge in [0.2, 0.25) is 0 Å². The molecule has 0 heterocycles. The fraction of sp³-hybridized carbons (Fsp3) is 1.00. The van der Waals surface area contributed by atoms with Gasteiger partial charge in [0.05, 0.1) is 0 Å². The van der Waals surface area contributed by atoms with Gasteiger partial charge in [-0.05, 0) is 25.7 Å². The quantitative estimate of drug-likeness (QED) is 0.104. The fourth-order valence-electron chi connectivity index (χ4n) is 3.64. The van der Waals surface area contributed by atoms with Gasteiger partial charge in [0, 0.05) is 25.9 Å². The van der Waals surface area contributed by atoms with Crippen LogP contribution >= 0.6 is 0 Å². The molecule has 0 aromatic heterocycles. The molecular weight excluding hydrogens is 388 g/mol. The third-order valence-electron chi connectivity index (χ3n) is 5.80. The van der Waals surface area contributed by atoms with Gasteiger partial charge in [-0.1, -0.05) is 118 Å². The second-order valence-corrected chi connectivity index (χ2v) is 11.7. The first-order chi connectivity index (χ1) is 14.7. The number of hydrogen-bond acceptors (Lipinski definition) is 3. The molecule has 0 radical (unpaired) electrons. The summed E-state index contributed by atoms with van der Waals surface area (Å²) in [4.78, 5) is 0. The van der Waals surface area contributed by atoms with E-state index >= 15 is 0 Å². The smallest absolute Gasteiger partial charge is 0.373 e. The molecule has 0 saturated heterocycles. The van der Waals surface area contributed by atoms with E-state index in [0.717, 1.165) is 64.4 Å². The predicted molar refractivity (Wildman–Crippen MR) is 134 cm³/mol. The van der Waals surface area contributed by atoms with Crippen molar-refractivity contribution in [2.24, 2.45) is 0 Å². The van der Waals surface area contributed by atoms with Gasteiger partial charge in [0.15, 0.2) is 0 Å². The van der Waals surface area contributed by atoms with Gasteiger partial charge in [-0.3, -0.25) is 0 Å². The van der Waals surface area contributed by atoms with Crippen molar-refractivity contribution in [2.45, 2.75) is 149 Å². The Morgan fingerprint density at radius 1 is 0.367 bits per heavy atom. The second kappa shape index (κ2) is 23.8. The molecule has 0 amide bonds. The third-order valence-corrected chi connectivity index (χ3v) is 8.69. The highest BCUT2D eigenvalue weighted by atomic mass is 28.4. The Kier molecular flexibility index (Phi) is 23.8. The van der Waals surface area contributed by atoms with Gasteiger partial charge in [0.25, 0.3) is 0 Å². The zero-order valence-corrected chi connectivity index (χ0v) is 22.3. The molecular formula is C26H56O3Si. The van der Waals surface area contributed by atoms with Crippen molar-refractivity contribution in [1.82, 2.24) is 0 Å². The summed E-state index contributed by atoms with van der Waals surface area (Å²) in [6.45, 7) is 11.3. The molecule has 3 nitrogen and oxygen atoms in total. The van der Waals surface area contributed by atoms with E-state index in [9.17, 15) is 0 Å². The van der Waals surface area contributed by atoms with Crippen LogP contribution in [0, 0.1) is 0 Å². The summed E-state index contributed by atoms with van der Waals surface area (Å²) in [6.07, 6.45) is 23.3. The highest BCUT2D eigenvalue weighted by Crippen LogP contribution is 2.22. The van der Waals surface area contributed by atoms with Crippen LogP contribution in [0.25, 0.3) is 0 Å². The lowest BCUT2D eigenvalue weighted by Crippen LogP contribution is -2.46. The summed E-state index contributed by atoms with van der Waals surface area (Å²) >= 11 is 0. The van der Waals surface area contributed by atoms with Gasteiger partial charge in [-0.15, -0.1) is 0 Å². The molecule has 0 N–H and O–H groups in total. The van der Waals surface area contributed by atoms with Crippen molar-refractivity contribution in [3.63, 3.8) is 0 Å². The van der Waals surface area contributed by atoms with Crippen molar-refractivity contribution in [3.05, 3.63) is 0 Å². The number of rotatable bonds is 25. The lowest BCUT2D eigenvalue weighted by Gasteiger charge is -2.30. The first kappa shape index (κ1) is 30.1. The zero-order chi connectivity index (χ0) is 22.2. The minimum absolute atomic E-state index is 0.791. The Bertz CT molecular complexity index is 299. The molecule has 30 heavy (non-hydrogen) atoms. The van der Waals surface area contributed by atoms with Crippen molar-refractivity contribution in [2.75, 3.05) is 19.8 Å². The summed E-state index contributed by atoms with van der Waals surface area (Å²) in [6, 6.07) is 1.00. The van der Waals surface area contributed by atoms with Crippen LogP contribution in [-0.4, -0.2) is 28.6 Å². The van der Waals surface area contributed by atoms with E-state index in [1.54, 1.807) is 0 Å². The van der Waals surface area contributed by atoms with Gasteiger partial charge < -0.3 is 13.3 Å². The standard InChI is InChI=1S/C26H56O3Si/c1-5-9-13-14-15-16-17-18-19-20-21-22-26-30(27-23-10-6-2,28-24-11-7-3)29-25-12-8-4/h5-26H2,1-4H3. The first-order valence-corrected chi connectivity index (χ1v) is 15.6. The maximum Gasteiger partial charge on any atom is 0.500 e. The van der Waals surface area contributed by atoms with Gasteiger partial charge >= 0.3 is 8.80 Å². The van der Waals surface area contributed by atoms with Crippen molar-refractivity contribution in [1.29, 1.82) is 0 Å². The molecule has 0 aliphatic rings. The Balaban J connectivity index is 4.14. The molecule has 0 atom stereocenters. The Morgan fingerprint density at radius 3 is 1.00 bits per heavy atom. The monoisotopic (exact) mass is 444 g/mol. The molecule has 0 aromatic rings. The van der Waals surface area contributed by atoms with E-state index in [-0.39, 0.29) is 0 Å². The largest absolute Gasteiger partial charge is 0.500 e. The van der Waals surface area contributed by atoms with Crippen LogP contribution in [0.5, 0.6) is 0 Å². The number of hydrogen-bond donors (Lipinski definition) is 0. The first-order valence-electron chi connectivity index (χ1n) is 13.7. The highest BCUT2D eigenvalue weighted by Gasteiger charge is 2.40. The summed E-state index contributed by atoms with van der Waals surface area (Å²) in [5, 5.41) is 0. The molecule has 182 valence electrons. The lowest BCUT2D eigenvalue weighted by atomic mass is 10.1. The van der Waals surface area contributed by atoms with Gasteiger partial charge in [-0.2, -0.15) is 0 Å². The molecule has 0 bridgehead atoms. The van der Waals surface area contributed by atoms with Crippen LogP contribution in [0.1, 0.15) is 143 Å². The summed E-state index contributed by atoms with van der Waals surface area (Å²) < 4.78 is 19.1. The van der Waals surface area contributed by atoms with Crippen molar-refractivity contribution < 1.29 is 13.3 Å². The van der Waals surface area contributed by atoms with E-state index in [1.807, 2.05) is 0 Å². The molecule has 0 spiro atoms. The molecule has 0 unspecified atom stereocenters. The fourth-order valence-corrected chi connectivity index (χ4v) is 6.37. The minimum Gasteiger partial charge on any atom is -0.373 e. The van der Waals surface area contributed by atoms with E-state index in [2.05, 4.69) is 27.7 Å². The minimum atomic E-state index is -2.50. The average Bonchev–Trinajstić information content (AvgIpc) is 2.75. The average molecular weight is 445 g/mol. The summed E-state index contributed by atoms with van der Waals surface area (Å²) in [5.74, 6) is 0. The normalized spacial score (nSPS) is 12.0. The summed E-state index contributed by atoms with van der Waals surface area (Å²) in [5.41, 5.74) is 0. The Morgan fingerprint density at radius 2 is 0.667 bits per heavy atom. The maximum absolute atomic E-state index is 6.36.